The largest absolute Gasteiger partial charge is 0.478 e. The first-order valence-corrected chi connectivity index (χ1v) is 5.37. The van der Waals surface area contributed by atoms with Crippen LogP contribution in [0, 0.1) is 11.7 Å². The van der Waals surface area contributed by atoms with Crippen LogP contribution in [0.25, 0.3) is 0 Å². The summed E-state index contributed by atoms with van der Waals surface area (Å²) in [5, 5.41) is 17.8. The van der Waals surface area contributed by atoms with Crippen molar-refractivity contribution in [2.45, 2.75) is 6.42 Å². The third-order valence-electron chi connectivity index (χ3n) is 2.94. The van der Waals surface area contributed by atoms with Crippen molar-refractivity contribution in [2.75, 3.05) is 24.6 Å². The van der Waals surface area contributed by atoms with Crippen LogP contribution in [0.4, 0.5) is 10.2 Å². The summed E-state index contributed by atoms with van der Waals surface area (Å²) >= 11 is 0. The van der Waals surface area contributed by atoms with Gasteiger partial charge in [0.15, 0.2) is 11.6 Å². The number of aromatic carboxylic acids is 1. The molecule has 2 N–H and O–H groups in total. The van der Waals surface area contributed by atoms with E-state index >= 15 is 0 Å². The second-order valence-electron chi connectivity index (χ2n) is 4.08. The van der Waals surface area contributed by atoms with Crippen molar-refractivity contribution < 1.29 is 19.4 Å². The number of hydrogen-bond acceptors (Lipinski definition) is 4. The molecule has 1 saturated heterocycles. The molecule has 1 aromatic rings. The minimum absolute atomic E-state index is 0.0523. The number of anilines is 1. The Balaban J connectivity index is 2.28. The molecule has 1 aromatic heterocycles. The van der Waals surface area contributed by atoms with E-state index in [1.165, 1.54) is 6.20 Å². The zero-order chi connectivity index (χ0) is 12.4. The Labute approximate surface area is 97.5 Å². The van der Waals surface area contributed by atoms with Crippen LogP contribution in [0.15, 0.2) is 12.3 Å². The van der Waals surface area contributed by atoms with Gasteiger partial charge < -0.3 is 15.1 Å². The highest BCUT2D eigenvalue weighted by Gasteiger charge is 2.26. The average molecular weight is 240 g/mol. The van der Waals surface area contributed by atoms with Crippen molar-refractivity contribution in [3.05, 3.63) is 23.6 Å². The lowest BCUT2D eigenvalue weighted by atomic mass is 10.1. The molecule has 1 aliphatic rings. The Morgan fingerprint density at radius 3 is 3.00 bits per heavy atom. The maximum absolute atomic E-state index is 13.9. The van der Waals surface area contributed by atoms with Gasteiger partial charge in [0, 0.05) is 31.8 Å². The predicted molar refractivity (Wildman–Crippen MR) is 58.6 cm³/mol. The topological polar surface area (TPSA) is 73.7 Å². The molecular formula is C11H13FN2O3. The Morgan fingerprint density at radius 2 is 2.41 bits per heavy atom. The van der Waals surface area contributed by atoms with Crippen molar-refractivity contribution in [3.8, 4) is 0 Å². The number of aliphatic hydroxyl groups is 1. The van der Waals surface area contributed by atoms with Gasteiger partial charge in [0.25, 0.3) is 0 Å². The smallest absolute Gasteiger partial charge is 0.338 e. The molecule has 2 heterocycles. The molecule has 0 radical (unpaired) electrons. The third-order valence-corrected chi connectivity index (χ3v) is 2.94. The van der Waals surface area contributed by atoms with Crippen LogP contribution in [0.1, 0.15) is 16.8 Å². The summed E-state index contributed by atoms with van der Waals surface area (Å²) in [5.41, 5.74) is -0.373. The minimum atomic E-state index is -1.30. The van der Waals surface area contributed by atoms with Crippen molar-refractivity contribution in [1.82, 2.24) is 4.98 Å². The Kier molecular flexibility index (Phi) is 3.23. The van der Waals surface area contributed by atoms with E-state index in [2.05, 4.69) is 4.98 Å². The molecule has 1 fully saturated rings. The number of rotatable bonds is 3. The van der Waals surface area contributed by atoms with Gasteiger partial charge in [-0.2, -0.15) is 0 Å². The maximum atomic E-state index is 13.9. The minimum Gasteiger partial charge on any atom is -0.478 e. The van der Waals surface area contributed by atoms with E-state index < -0.39 is 11.8 Å². The number of halogens is 1. The predicted octanol–water partition coefficient (Wildman–Crippen LogP) is 0.737. The number of carboxylic acid groups (broad SMARTS) is 1. The van der Waals surface area contributed by atoms with E-state index in [-0.39, 0.29) is 23.9 Å². The number of carboxylic acids is 1. The number of aromatic nitrogens is 1. The maximum Gasteiger partial charge on any atom is 0.338 e. The summed E-state index contributed by atoms with van der Waals surface area (Å²) in [6.07, 6.45) is 2.04. The normalized spacial score (nSPS) is 19.6. The second kappa shape index (κ2) is 4.67. The monoisotopic (exact) mass is 240 g/mol. The van der Waals surface area contributed by atoms with Crippen LogP contribution in [-0.2, 0) is 0 Å². The molecule has 1 aliphatic heterocycles. The van der Waals surface area contributed by atoms with Crippen LogP contribution in [0.5, 0.6) is 0 Å². The molecule has 0 bridgehead atoms. The summed E-state index contributed by atoms with van der Waals surface area (Å²) in [4.78, 5) is 16.3. The van der Waals surface area contributed by atoms with E-state index in [1.54, 1.807) is 4.90 Å². The van der Waals surface area contributed by atoms with Crippen LogP contribution in [0.2, 0.25) is 0 Å². The Bertz CT molecular complexity index is 439. The number of carbonyl (C=O) groups is 1. The van der Waals surface area contributed by atoms with Gasteiger partial charge in [-0.05, 0) is 12.5 Å². The molecule has 17 heavy (non-hydrogen) atoms. The van der Waals surface area contributed by atoms with Gasteiger partial charge in [0.2, 0.25) is 0 Å². The molecule has 0 aromatic carbocycles. The first-order chi connectivity index (χ1) is 8.13. The fraction of sp³-hybridized carbons (Fsp3) is 0.455. The van der Waals surface area contributed by atoms with Crippen molar-refractivity contribution in [3.63, 3.8) is 0 Å². The fourth-order valence-corrected chi connectivity index (χ4v) is 1.99. The van der Waals surface area contributed by atoms with Crippen LogP contribution in [0.3, 0.4) is 0 Å². The highest BCUT2D eigenvalue weighted by atomic mass is 19.1. The second-order valence-corrected chi connectivity index (χ2v) is 4.08. The van der Waals surface area contributed by atoms with E-state index in [4.69, 9.17) is 10.2 Å². The highest BCUT2D eigenvalue weighted by molar-refractivity contribution is 5.88. The van der Waals surface area contributed by atoms with E-state index in [9.17, 15) is 9.18 Å². The summed E-state index contributed by atoms with van der Waals surface area (Å²) in [7, 11) is 0. The SMILES string of the molecule is O=C(O)c1ccnc(N2CCC(CO)C2)c1F. The zero-order valence-electron chi connectivity index (χ0n) is 9.14. The number of aliphatic hydroxyl groups excluding tert-OH is 1. The zero-order valence-corrected chi connectivity index (χ0v) is 9.14. The van der Waals surface area contributed by atoms with Crippen molar-refractivity contribution >= 4 is 11.8 Å². The quantitative estimate of drug-likeness (QED) is 0.815. The average Bonchev–Trinajstić information content (AvgIpc) is 2.77. The Hall–Kier alpha value is -1.69. The van der Waals surface area contributed by atoms with E-state index in [0.29, 0.717) is 13.1 Å². The van der Waals surface area contributed by atoms with Gasteiger partial charge in [-0.3, -0.25) is 0 Å². The van der Waals surface area contributed by atoms with Crippen LogP contribution in [-0.4, -0.2) is 40.9 Å². The van der Waals surface area contributed by atoms with E-state index in [1.807, 2.05) is 0 Å². The first kappa shape index (κ1) is 11.8. The highest BCUT2D eigenvalue weighted by Crippen LogP contribution is 2.25. The third kappa shape index (κ3) is 2.21. The van der Waals surface area contributed by atoms with Gasteiger partial charge >= 0.3 is 5.97 Å². The molecule has 1 atom stereocenters. The van der Waals surface area contributed by atoms with Gasteiger partial charge in [-0.25, -0.2) is 14.2 Å². The molecule has 0 saturated carbocycles. The van der Waals surface area contributed by atoms with Gasteiger partial charge in [0.05, 0.1) is 0 Å². The van der Waals surface area contributed by atoms with Crippen molar-refractivity contribution in [2.24, 2.45) is 5.92 Å². The molecule has 0 aliphatic carbocycles. The lowest BCUT2D eigenvalue weighted by Crippen LogP contribution is -2.23. The summed E-state index contributed by atoms with van der Waals surface area (Å²) in [6.45, 7) is 1.14. The number of pyridine rings is 1. The lowest BCUT2D eigenvalue weighted by molar-refractivity contribution is 0.0691. The summed E-state index contributed by atoms with van der Waals surface area (Å²) < 4.78 is 13.9. The van der Waals surface area contributed by atoms with Crippen LogP contribution >= 0.6 is 0 Å². The molecule has 5 nitrogen and oxygen atoms in total. The number of hydrogen-bond donors (Lipinski definition) is 2. The number of nitrogens with zero attached hydrogens (tertiary/aromatic N) is 2. The molecule has 2 rings (SSSR count). The molecular weight excluding hydrogens is 227 g/mol. The van der Waals surface area contributed by atoms with E-state index in [0.717, 1.165) is 12.5 Å². The van der Waals surface area contributed by atoms with Crippen molar-refractivity contribution in [1.29, 1.82) is 0 Å². The molecule has 1 unspecified atom stereocenters. The summed E-state index contributed by atoms with van der Waals surface area (Å²) in [6, 6.07) is 1.14. The van der Waals surface area contributed by atoms with Gasteiger partial charge in [0.1, 0.15) is 5.56 Å². The molecule has 0 amide bonds. The molecule has 92 valence electrons. The van der Waals surface area contributed by atoms with Gasteiger partial charge in [-0.1, -0.05) is 0 Å². The van der Waals surface area contributed by atoms with Gasteiger partial charge in [-0.15, -0.1) is 0 Å². The fourth-order valence-electron chi connectivity index (χ4n) is 1.99. The summed E-state index contributed by atoms with van der Waals surface area (Å²) in [5.74, 6) is -1.95. The Morgan fingerprint density at radius 1 is 1.65 bits per heavy atom. The first-order valence-electron chi connectivity index (χ1n) is 5.37. The lowest BCUT2D eigenvalue weighted by Gasteiger charge is -2.18. The molecule has 6 heteroatoms. The molecule has 0 spiro atoms. The van der Waals surface area contributed by atoms with Crippen LogP contribution < -0.4 is 4.90 Å². The standard InChI is InChI=1S/C11H13FN2O3/c12-9-8(11(16)17)1-3-13-10(9)14-4-2-7(5-14)6-15/h1,3,7,15H,2,4-6H2,(H,16,17).